The van der Waals surface area contributed by atoms with E-state index in [-0.39, 0.29) is 154 Å². The number of carboxylic acids is 4. The third kappa shape index (κ3) is 23.3. The molecule has 0 radical (unpaired) electrons. The number of aliphatic carboxylic acids is 4. The zero-order chi connectivity index (χ0) is 94.6. The molecular weight excluding hydrogens is 1690 g/mol. The van der Waals surface area contributed by atoms with Crippen LogP contribution < -0.4 is 74.5 Å². The van der Waals surface area contributed by atoms with Crippen molar-refractivity contribution in [3.05, 3.63) is 127 Å². The molecule has 39 nitrogen and oxygen atoms in total. The van der Waals surface area contributed by atoms with Gasteiger partial charge in [-0.25, -0.2) is 19.6 Å². The van der Waals surface area contributed by atoms with Crippen LogP contribution in [0.4, 0.5) is 0 Å². The summed E-state index contributed by atoms with van der Waals surface area (Å²) in [5, 5.41) is 67.2. The maximum absolute atomic E-state index is 13.8. The van der Waals surface area contributed by atoms with E-state index in [2.05, 4.69) is 42.0 Å². The average Bonchev–Trinajstić information content (AvgIpc) is 1.54. The SMILES string of the molecule is CCCC(C(=O)[O-])C(CCCC(C(=O)[O-])C(CCCC(C(=O)[O-])C(C)C(=O)NCC(=O)NCC(=O)NCC(=O)O[C@]1(CC)C(=O)OCc2c1cc1n(c2=O)Cc2cc3ccccc3nc2-1)C(=O)NC1CCC1)C(=O)[O-].CCCC1C(=O)OC(=O)C1C.CC[C@@]1(OC(=O)CNC(=O)CNC(=O)CNC)C(=O)OCc2c1cc1n(c2=O)Cc2cc3ccccc3nc2-1.NC1CCC1. The summed E-state index contributed by atoms with van der Waals surface area (Å²) in [6.45, 7) is 6.78. The van der Waals surface area contributed by atoms with E-state index in [1.807, 2.05) is 67.6 Å². The molecule has 6 amide bonds. The van der Waals surface area contributed by atoms with Gasteiger partial charge in [0.1, 0.15) is 26.3 Å². The largest absolute Gasteiger partial charge is 0.550 e. The van der Waals surface area contributed by atoms with E-state index in [0.717, 1.165) is 46.7 Å². The Balaban J connectivity index is 0.000000260. The highest BCUT2D eigenvalue weighted by Gasteiger charge is 2.53. The summed E-state index contributed by atoms with van der Waals surface area (Å²) >= 11 is 0. The molecule has 13 rings (SSSR count). The molecule has 2 aliphatic carbocycles. The first-order valence-corrected chi connectivity index (χ1v) is 43.8. The molecule has 39 heteroatoms. The Kier molecular flexibility index (Phi) is 34.0. The number of carboxylic acid groups (broad SMARTS) is 4. The number of nitrogens with zero attached hydrogens (tertiary/aromatic N) is 4. The Bertz CT molecular complexity index is 5490. The molecule has 7 aliphatic rings. The van der Waals surface area contributed by atoms with Crippen molar-refractivity contribution in [2.75, 3.05) is 46.3 Å². The number of benzene rings is 2. The summed E-state index contributed by atoms with van der Waals surface area (Å²) in [7, 11) is 1.59. The molecule has 6 aromatic rings. The Hall–Kier alpha value is -13.2. The van der Waals surface area contributed by atoms with Crippen LogP contribution in [0, 0.1) is 47.3 Å². The second-order valence-electron chi connectivity index (χ2n) is 33.3. The second-order valence-corrected chi connectivity index (χ2v) is 33.3. The van der Waals surface area contributed by atoms with Crippen LogP contribution in [0.1, 0.15) is 190 Å². The van der Waals surface area contributed by atoms with Gasteiger partial charge >= 0.3 is 35.8 Å². The number of carbonyl (C=O) groups excluding carboxylic acids is 16. The molecule has 8 unspecified atom stereocenters. The molecule has 2 aromatic carbocycles. The number of likely N-dealkylation sites (N-methyl/N-ethyl adjacent to an activating group) is 1. The molecule has 5 aliphatic heterocycles. The fraction of sp³-hybridized carbons (Fsp3) is 0.516. The van der Waals surface area contributed by atoms with Crippen LogP contribution in [0.25, 0.3) is 44.6 Å². The van der Waals surface area contributed by atoms with Crippen LogP contribution in [-0.2, 0) is 138 Å². The first kappa shape index (κ1) is 99.0. The molecule has 2 saturated carbocycles. The predicted molar refractivity (Wildman–Crippen MR) is 451 cm³/mol. The van der Waals surface area contributed by atoms with Crippen LogP contribution in [-0.4, -0.2) is 173 Å². The lowest BCUT2D eigenvalue weighted by Crippen LogP contribution is -2.49. The minimum atomic E-state index is -2.05. The number of cyclic esters (lactones) is 4. The van der Waals surface area contributed by atoms with Crippen LogP contribution in [0.3, 0.4) is 0 Å². The molecular formula is C91H108N12O27-4. The Morgan fingerprint density at radius 1 is 0.515 bits per heavy atom. The molecule has 0 spiro atoms. The van der Waals surface area contributed by atoms with Crippen LogP contribution in [0.2, 0.25) is 0 Å². The number of fused-ring (bicyclic) bond motifs is 10. The van der Waals surface area contributed by atoms with E-state index < -0.39 is 156 Å². The Labute approximate surface area is 746 Å². The van der Waals surface area contributed by atoms with Crippen molar-refractivity contribution in [1.29, 1.82) is 0 Å². The Morgan fingerprint density at radius 2 is 0.923 bits per heavy atom. The lowest BCUT2D eigenvalue weighted by molar-refractivity contribution is -0.327. The average molecular weight is 1800 g/mol. The summed E-state index contributed by atoms with van der Waals surface area (Å²) < 4.78 is 29.6. The summed E-state index contributed by atoms with van der Waals surface area (Å²) in [5.41, 5.74) is 6.58. The third-order valence-electron chi connectivity index (χ3n) is 24.7. The van der Waals surface area contributed by atoms with Gasteiger partial charge in [0.25, 0.3) is 11.1 Å². The number of carbonyl (C=O) groups is 16. The maximum atomic E-state index is 13.8. The van der Waals surface area contributed by atoms with E-state index in [4.69, 9.17) is 34.6 Å². The van der Waals surface area contributed by atoms with E-state index in [1.165, 1.54) is 30.8 Å². The van der Waals surface area contributed by atoms with Gasteiger partial charge < -0.3 is 115 Å². The van der Waals surface area contributed by atoms with Crippen LogP contribution in [0.5, 0.6) is 0 Å². The van der Waals surface area contributed by atoms with E-state index >= 15 is 0 Å². The minimum absolute atomic E-state index is 0.000502. The predicted octanol–water partition coefficient (Wildman–Crippen LogP) is -0.793. The second kappa shape index (κ2) is 44.7. The molecule has 10 atom stereocenters. The van der Waals surface area contributed by atoms with E-state index in [1.54, 1.807) is 51.4 Å². The van der Waals surface area contributed by atoms with Gasteiger partial charge in [-0.2, -0.15) is 0 Å². The first-order valence-electron chi connectivity index (χ1n) is 43.8. The third-order valence-corrected chi connectivity index (χ3v) is 24.7. The number of ether oxygens (including phenoxy) is 5. The number of aromatic nitrogens is 4. The van der Waals surface area contributed by atoms with Crippen molar-refractivity contribution in [2.24, 2.45) is 53.1 Å². The highest BCUT2D eigenvalue weighted by atomic mass is 16.6. The lowest BCUT2D eigenvalue weighted by Gasteiger charge is -2.35. The van der Waals surface area contributed by atoms with Gasteiger partial charge in [-0.3, -0.25) is 57.5 Å². The fourth-order valence-electron chi connectivity index (χ4n) is 16.8. The first-order chi connectivity index (χ1) is 62.0. The normalized spacial score (nSPS) is 19.0. The number of hydrogen-bond donors (Lipinski definition) is 8. The molecule has 9 heterocycles. The van der Waals surface area contributed by atoms with E-state index in [9.17, 15) is 107 Å². The van der Waals surface area contributed by atoms with Gasteiger partial charge in [0.15, 0.2) is 0 Å². The van der Waals surface area contributed by atoms with Crippen LogP contribution >= 0.6 is 0 Å². The van der Waals surface area contributed by atoms with E-state index in [0.29, 0.717) is 60.1 Å². The summed E-state index contributed by atoms with van der Waals surface area (Å²) in [4.78, 5) is 235. The number of hydrogen-bond acceptors (Lipinski definition) is 31. The van der Waals surface area contributed by atoms with Crippen molar-refractivity contribution >= 4 is 117 Å². The van der Waals surface area contributed by atoms with Gasteiger partial charge in [-0.05, 0) is 127 Å². The summed E-state index contributed by atoms with van der Waals surface area (Å²) in [5.74, 6) is -24.0. The van der Waals surface area contributed by atoms with Gasteiger partial charge in [0, 0.05) is 104 Å². The number of para-hydroxylation sites is 2. The van der Waals surface area contributed by atoms with Gasteiger partial charge in [0.2, 0.25) is 46.6 Å². The quantitative estimate of drug-likeness (QED) is 0.0133. The highest BCUT2D eigenvalue weighted by Crippen LogP contribution is 2.44. The molecule has 0 bridgehead atoms. The number of amides is 6. The summed E-state index contributed by atoms with van der Waals surface area (Å²) in [6, 6.07) is 22.6. The zero-order valence-corrected chi connectivity index (χ0v) is 73.4. The lowest BCUT2D eigenvalue weighted by atomic mass is 9.79. The molecule has 130 heavy (non-hydrogen) atoms. The standard InChI is InChI=1S/C52H64N6O17.C27H27N5O7.C8H12O3.C4H9N/c1-4-11-33(48(67)68)35(50(71)72)18-10-17-34(49(69)70)32(45(63)56-30-13-8-14-30)16-9-15-31(47(65)66)27(3)44(62)55-23-41(60)53-22-40(59)54-24-42(61)75-52(5-2)37-21-39-43-29(20-28-12-6-7-19-38(28)57-43)25-58(39)46(64)36(37)26-74-51(52)73;1-3-27(39-23(35)12-30-22(34)11-29-21(33)10-28-2)18-9-20-24-16(8-15-6-4-5-7-19(15)31-24)13-32(20)25(36)17(18)14-38-26(27)37;1-3-4-6-5(2)7(9)11-8(6)10;5-4-2-1-3-4/h6-7,12,19-21,27,30-35H,4-5,8-11,13-18,22-26H2,1-3H3,(H,53,60)(H,54,59)(H,55,62)(H,56,63)(H,65,66)(H,67,68)(H,69,70)(H,71,72);4-9,28H,3,10-14H2,1-2H3,(H,29,33)(H,30,34);5-6H,3-4H2,1-2H3;4H,1-3,5H2/p-4/t27?,31?,32?,33?,34?,35?,52-;27-;;/m00../s1. The topological polar surface area (TPSA) is 592 Å². The number of rotatable bonds is 38. The number of nitrogens with two attached hydrogens (primary N) is 1. The van der Waals surface area contributed by atoms with Crippen molar-refractivity contribution in [2.45, 2.75) is 207 Å². The smallest absolute Gasteiger partial charge is 0.355 e. The van der Waals surface area contributed by atoms with Gasteiger partial charge in [0.05, 0.1) is 96.0 Å². The van der Waals surface area contributed by atoms with Gasteiger partial charge in [-0.15, -0.1) is 0 Å². The molecule has 698 valence electrons. The molecule has 3 fully saturated rings. The fourth-order valence-corrected chi connectivity index (χ4v) is 16.8. The van der Waals surface area contributed by atoms with Crippen molar-refractivity contribution in [1.82, 2.24) is 56.3 Å². The number of nitrogens with one attached hydrogen (secondary N) is 7. The monoisotopic (exact) mass is 1800 g/mol. The van der Waals surface area contributed by atoms with Crippen molar-refractivity contribution < 1.29 is 121 Å². The summed E-state index contributed by atoms with van der Waals surface area (Å²) in [6.07, 6.45) is 6.67. The molecule has 9 N–H and O–H groups in total. The van der Waals surface area contributed by atoms with Crippen molar-refractivity contribution in [3.8, 4) is 22.8 Å². The van der Waals surface area contributed by atoms with Crippen molar-refractivity contribution in [3.63, 3.8) is 0 Å². The minimum Gasteiger partial charge on any atom is -0.550 e. The zero-order valence-electron chi connectivity index (χ0n) is 73.4. The number of esters is 6. The molecule has 4 aromatic heterocycles. The highest BCUT2D eigenvalue weighted by molar-refractivity contribution is 5.97. The maximum Gasteiger partial charge on any atom is 0.355 e. The molecule has 1 saturated heterocycles. The number of pyridine rings is 4. The van der Waals surface area contributed by atoms with Crippen LogP contribution in [0.15, 0.2) is 82.4 Å². The Morgan fingerprint density at radius 3 is 1.32 bits per heavy atom. The van der Waals surface area contributed by atoms with Gasteiger partial charge in [-0.1, -0.05) is 110 Å².